The fraction of sp³-hybridized carbons (Fsp3) is 0.318. The second-order valence-corrected chi connectivity index (χ2v) is 8.00. The summed E-state index contributed by atoms with van der Waals surface area (Å²) in [6.07, 6.45) is -5.06. The zero-order valence-electron chi connectivity index (χ0n) is 16.6. The number of aromatic amines is 1. The molecule has 4 unspecified atom stereocenters. The van der Waals surface area contributed by atoms with Crippen LogP contribution in [0.15, 0.2) is 47.3 Å². The Kier molecular flexibility index (Phi) is 4.77. The first-order chi connectivity index (χ1) is 14.4. The van der Waals surface area contributed by atoms with Crippen molar-refractivity contribution in [2.45, 2.75) is 37.6 Å². The lowest BCUT2D eigenvalue weighted by atomic mass is 9.64. The number of halogens is 4. The molecule has 0 aliphatic heterocycles. The van der Waals surface area contributed by atoms with Crippen LogP contribution in [0.4, 0.5) is 23.2 Å². The normalized spacial score (nSPS) is 26.0. The summed E-state index contributed by atoms with van der Waals surface area (Å²) in [5, 5.41) is 24.5. The number of H-pyrrole nitrogens is 1. The van der Waals surface area contributed by atoms with Crippen LogP contribution in [-0.2, 0) is 0 Å². The molecular weight excluding hydrogens is 416 g/mol. The molecule has 4 N–H and O–H groups in total. The van der Waals surface area contributed by atoms with Gasteiger partial charge in [0.25, 0.3) is 0 Å². The summed E-state index contributed by atoms with van der Waals surface area (Å²) < 4.78 is 57.0. The number of aliphatic hydroxyl groups is 1. The van der Waals surface area contributed by atoms with Crippen molar-refractivity contribution in [1.29, 1.82) is 0 Å². The Hall–Kier alpha value is -3.07. The quantitative estimate of drug-likeness (QED) is 0.444. The van der Waals surface area contributed by atoms with E-state index < -0.39 is 41.2 Å². The first-order valence-corrected chi connectivity index (χ1v) is 9.65. The Labute approximate surface area is 174 Å². The van der Waals surface area contributed by atoms with E-state index in [1.807, 2.05) is 0 Å². The number of aromatic nitrogens is 1. The van der Waals surface area contributed by atoms with Crippen LogP contribution in [0, 0.1) is 11.7 Å². The van der Waals surface area contributed by atoms with Gasteiger partial charge in [0.05, 0.1) is 11.6 Å². The average Bonchev–Trinajstić information content (AvgIpc) is 2.67. The lowest BCUT2D eigenvalue weighted by Crippen LogP contribution is -2.60. The van der Waals surface area contributed by atoms with Gasteiger partial charge in [0.15, 0.2) is 5.60 Å². The molecule has 4 atom stereocenters. The van der Waals surface area contributed by atoms with E-state index in [2.05, 4.69) is 10.3 Å². The molecule has 1 aliphatic rings. The number of hydrogen-bond acceptors (Lipinski definition) is 4. The van der Waals surface area contributed by atoms with Crippen molar-refractivity contribution < 1.29 is 27.8 Å². The third kappa shape index (κ3) is 3.15. The van der Waals surface area contributed by atoms with Crippen LogP contribution in [0.3, 0.4) is 0 Å². The molecule has 0 fully saturated rings. The standard InChI is InChI=1S/C22H20F4N2O3/c1-10-11(2)21(31,22(24,25)26)20(14-8-12(23)9-17(29)19(10)14)28-16-5-3-4-15-13(16)6-7-18(30)27-15/h3-11,20,28-29,31H,1-2H3,(H,27,30). The number of rotatable bonds is 2. The van der Waals surface area contributed by atoms with Gasteiger partial charge in [-0.2, -0.15) is 13.2 Å². The zero-order valence-corrected chi connectivity index (χ0v) is 16.6. The Morgan fingerprint density at radius 2 is 1.84 bits per heavy atom. The maximum absolute atomic E-state index is 14.3. The van der Waals surface area contributed by atoms with Crippen molar-refractivity contribution in [2.24, 2.45) is 5.92 Å². The highest BCUT2D eigenvalue weighted by Gasteiger charge is 2.65. The monoisotopic (exact) mass is 436 g/mol. The Balaban J connectivity index is 1.98. The number of fused-ring (bicyclic) bond motifs is 2. The summed E-state index contributed by atoms with van der Waals surface area (Å²) in [7, 11) is 0. The molecule has 31 heavy (non-hydrogen) atoms. The molecule has 4 rings (SSSR count). The second-order valence-electron chi connectivity index (χ2n) is 8.00. The number of pyridine rings is 1. The lowest BCUT2D eigenvalue weighted by molar-refractivity contribution is -0.289. The van der Waals surface area contributed by atoms with E-state index in [1.165, 1.54) is 38.1 Å². The minimum Gasteiger partial charge on any atom is -0.508 e. The molecule has 164 valence electrons. The predicted octanol–water partition coefficient (Wildman–Crippen LogP) is 4.57. The van der Waals surface area contributed by atoms with Crippen LogP contribution in [-0.4, -0.2) is 27.0 Å². The van der Waals surface area contributed by atoms with E-state index in [4.69, 9.17) is 0 Å². The highest BCUT2D eigenvalue weighted by atomic mass is 19.4. The Morgan fingerprint density at radius 1 is 1.13 bits per heavy atom. The number of phenolic OH excluding ortho intramolecular Hbond substituents is 1. The van der Waals surface area contributed by atoms with Gasteiger partial charge in [-0.25, -0.2) is 4.39 Å². The SMILES string of the molecule is CC1c2c(O)cc(F)cc2C(Nc2cccc3[nH]c(=O)ccc23)C(O)(C(F)(F)F)C1C. The summed E-state index contributed by atoms with van der Waals surface area (Å²) in [6.45, 7) is 2.70. The molecule has 9 heteroatoms. The van der Waals surface area contributed by atoms with Crippen molar-refractivity contribution in [1.82, 2.24) is 4.98 Å². The van der Waals surface area contributed by atoms with Crippen LogP contribution in [0.2, 0.25) is 0 Å². The minimum absolute atomic E-state index is 0.147. The van der Waals surface area contributed by atoms with Crippen LogP contribution in [0.25, 0.3) is 10.9 Å². The highest BCUT2D eigenvalue weighted by Crippen LogP contribution is 2.57. The second kappa shape index (κ2) is 6.98. The number of alkyl halides is 3. The van der Waals surface area contributed by atoms with Gasteiger partial charge in [0, 0.05) is 34.7 Å². The molecule has 0 radical (unpaired) electrons. The number of hydrogen-bond donors (Lipinski definition) is 4. The molecule has 0 saturated carbocycles. The van der Waals surface area contributed by atoms with Crippen molar-refractivity contribution in [3.63, 3.8) is 0 Å². The van der Waals surface area contributed by atoms with Gasteiger partial charge in [0.2, 0.25) is 5.56 Å². The fourth-order valence-electron chi connectivity index (χ4n) is 4.57. The van der Waals surface area contributed by atoms with Crippen molar-refractivity contribution in [3.05, 3.63) is 69.8 Å². The highest BCUT2D eigenvalue weighted by molar-refractivity contribution is 5.91. The summed E-state index contributed by atoms with van der Waals surface area (Å²) >= 11 is 0. The minimum atomic E-state index is -5.06. The molecule has 0 saturated heterocycles. The number of aromatic hydroxyl groups is 1. The zero-order chi connectivity index (χ0) is 22.7. The van der Waals surface area contributed by atoms with Gasteiger partial charge in [-0.3, -0.25) is 4.79 Å². The van der Waals surface area contributed by atoms with Crippen molar-refractivity contribution >= 4 is 16.6 Å². The van der Waals surface area contributed by atoms with Crippen LogP contribution in [0.5, 0.6) is 5.75 Å². The molecule has 1 heterocycles. The smallest absolute Gasteiger partial charge is 0.419 e. The van der Waals surface area contributed by atoms with E-state index >= 15 is 0 Å². The lowest BCUT2D eigenvalue weighted by Gasteiger charge is -2.49. The molecule has 3 aromatic rings. The molecule has 5 nitrogen and oxygen atoms in total. The number of benzene rings is 2. The molecule has 0 spiro atoms. The van der Waals surface area contributed by atoms with Crippen LogP contribution < -0.4 is 10.9 Å². The molecule has 1 aromatic heterocycles. The predicted molar refractivity (Wildman–Crippen MR) is 108 cm³/mol. The van der Waals surface area contributed by atoms with Crippen molar-refractivity contribution in [2.75, 3.05) is 5.32 Å². The van der Waals surface area contributed by atoms with Gasteiger partial charge < -0.3 is 20.5 Å². The summed E-state index contributed by atoms with van der Waals surface area (Å²) in [6, 6.07) is 7.23. The van der Waals surface area contributed by atoms with Gasteiger partial charge >= 0.3 is 6.18 Å². The Bertz CT molecular complexity index is 1220. The molecule has 0 amide bonds. The molecule has 0 bridgehead atoms. The molecule has 2 aromatic carbocycles. The first-order valence-electron chi connectivity index (χ1n) is 9.65. The number of anilines is 1. The number of nitrogens with one attached hydrogen (secondary N) is 2. The first kappa shape index (κ1) is 21.2. The van der Waals surface area contributed by atoms with Crippen molar-refractivity contribution in [3.8, 4) is 5.75 Å². The van der Waals surface area contributed by atoms with Gasteiger partial charge in [-0.1, -0.05) is 19.9 Å². The third-order valence-electron chi connectivity index (χ3n) is 6.32. The van der Waals surface area contributed by atoms with E-state index in [-0.39, 0.29) is 22.4 Å². The fourth-order valence-corrected chi connectivity index (χ4v) is 4.57. The molecule has 1 aliphatic carbocycles. The summed E-state index contributed by atoms with van der Waals surface area (Å²) in [5.74, 6) is -3.64. The largest absolute Gasteiger partial charge is 0.508 e. The van der Waals surface area contributed by atoms with E-state index in [0.29, 0.717) is 10.9 Å². The van der Waals surface area contributed by atoms with E-state index in [0.717, 1.165) is 12.1 Å². The summed E-state index contributed by atoms with van der Waals surface area (Å²) in [4.78, 5) is 14.2. The maximum atomic E-state index is 14.3. The van der Waals surface area contributed by atoms with Crippen LogP contribution >= 0.6 is 0 Å². The topological polar surface area (TPSA) is 85.4 Å². The van der Waals surface area contributed by atoms with E-state index in [1.54, 1.807) is 6.07 Å². The summed E-state index contributed by atoms with van der Waals surface area (Å²) in [5.41, 5.74) is -3.08. The van der Waals surface area contributed by atoms with Gasteiger partial charge in [-0.15, -0.1) is 0 Å². The third-order valence-corrected chi connectivity index (χ3v) is 6.32. The number of phenols is 1. The average molecular weight is 436 g/mol. The molecular formula is C22H20F4N2O3. The van der Waals surface area contributed by atoms with Gasteiger partial charge in [-0.05, 0) is 35.7 Å². The Morgan fingerprint density at radius 3 is 2.52 bits per heavy atom. The van der Waals surface area contributed by atoms with Crippen LogP contribution in [0.1, 0.15) is 36.9 Å². The van der Waals surface area contributed by atoms with E-state index in [9.17, 15) is 32.6 Å². The van der Waals surface area contributed by atoms with Gasteiger partial charge in [0.1, 0.15) is 11.6 Å². The maximum Gasteiger partial charge on any atom is 0.419 e.